The topological polar surface area (TPSA) is 93.4 Å². The highest BCUT2D eigenvalue weighted by molar-refractivity contribution is 6.05. The van der Waals surface area contributed by atoms with Gasteiger partial charge in [0.2, 0.25) is 5.96 Å². The van der Waals surface area contributed by atoms with Gasteiger partial charge in [-0.1, -0.05) is 0 Å². The minimum absolute atomic E-state index is 0.347. The zero-order chi connectivity index (χ0) is 13.7. The maximum atomic E-state index is 6.49. The van der Waals surface area contributed by atoms with Gasteiger partial charge >= 0.3 is 0 Å². The summed E-state index contributed by atoms with van der Waals surface area (Å²) in [5.74, 6) is 1.69. The van der Waals surface area contributed by atoms with Crippen molar-refractivity contribution in [3.63, 3.8) is 0 Å². The fraction of sp³-hybridized carbons (Fsp3) is 0.385. The molecule has 0 radical (unpaired) electrons. The summed E-state index contributed by atoms with van der Waals surface area (Å²) < 4.78 is 7.26. The van der Waals surface area contributed by atoms with Crippen LogP contribution in [0.15, 0.2) is 34.1 Å². The molecule has 0 bridgehead atoms. The van der Waals surface area contributed by atoms with Crippen molar-refractivity contribution in [3.05, 3.63) is 30.5 Å². The molecule has 104 valence electrons. The molecule has 0 spiro atoms. The number of anilines is 2. The van der Waals surface area contributed by atoms with Crippen molar-refractivity contribution >= 4 is 17.3 Å². The van der Waals surface area contributed by atoms with Crippen LogP contribution in [0.4, 0.5) is 11.4 Å². The third kappa shape index (κ3) is 1.70. The summed E-state index contributed by atoms with van der Waals surface area (Å²) >= 11 is 0. The third-order valence-electron chi connectivity index (χ3n) is 3.75. The van der Waals surface area contributed by atoms with Crippen LogP contribution in [0.1, 0.15) is 18.6 Å². The maximum Gasteiger partial charge on any atom is 0.202 e. The molecular weight excluding hydrogens is 256 g/mol. The van der Waals surface area contributed by atoms with Gasteiger partial charge in [-0.05, 0) is 12.8 Å². The van der Waals surface area contributed by atoms with Crippen LogP contribution in [0.3, 0.4) is 0 Å². The van der Waals surface area contributed by atoms with Gasteiger partial charge in [0.25, 0.3) is 0 Å². The van der Waals surface area contributed by atoms with Gasteiger partial charge in [0.15, 0.2) is 11.4 Å². The second-order valence-corrected chi connectivity index (χ2v) is 5.38. The summed E-state index contributed by atoms with van der Waals surface area (Å²) in [6.45, 7) is 0. The lowest BCUT2D eigenvalue weighted by Crippen LogP contribution is -2.43. The first kappa shape index (κ1) is 11.5. The number of hydrogen-bond donors (Lipinski definition) is 3. The van der Waals surface area contributed by atoms with Gasteiger partial charge in [0, 0.05) is 25.2 Å². The predicted octanol–water partition coefficient (Wildman–Crippen LogP) is 1.43. The molecule has 4 N–H and O–H groups in total. The van der Waals surface area contributed by atoms with Crippen molar-refractivity contribution in [3.8, 4) is 0 Å². The number of guanidine groups is 1. The lowest BCUT2D eigenvalue weighted by molar-refractivity contribution is 0.315. The average Bonchev–Trinajstić information content (AvgIpc) is 3.04. The molecule has 0 amide bonds. The maximum absolute atomic E-state index is 6.49. The Morgan fingerprint density at radius 3 is 3.10 bits per heavy atom. The molecule has 1 aliphatic carbocycles. The van der Waals surface area contributed by atoms with Crippen LogP contribution in [0, 0.1) is 5.92 Å². The van der Waals surface area contributed by atoms with E-state index in [-0.39, 0.29) is 0 Å². The molecule has 0 aromatic carbocycles. The molecule has 2 aliphatic rings. The highest BCUT2D eigenvalue weighted by Crippen LogP contribution is 2.48. The number of nitrogens with one attached hydrogen (secondary N) is 2. The van der Waals surface area contributed by atoms with Crippen molar-refractivity contribution < 1.29 is 4.42 Å². The van der Waals surface area contributed by atoms with Gasteiger partial charge in [-0.15, -0.1) is 0 Å². The molecule has 1 aliphatic heterocycles. The summed E-state index contributed by atoms with van der Waals surface area (Å²) in [7, 11) is 1.87. The highest BCUT2D eigenvalue weighted by Gasteiger charge is 2.49. The van der Waals surface area contributed by atoms with Crippen LogP contribution in [-0.2, 0) is 12.7 Å². The molecule has 7 nitrogen and oxygen atoms in total. The van der Waals surface area contributed by atoms with Crippen molar-refractivity contribution in [2.45, 2.75) is 18.5 Å². The Bertz CT molecular complexity index is 683. The summed E-state index contributed by atoms with van der Waals surface area (Å²) in [6.07, 6.45) is 7.43. The van der Waals surface area contributed by atoms with Gasteiger partial charge in [-0.2, -0.15) is 5.10 Å². The van der Waals surface area contributed by atoms with Crippen LogP contribution >= 0.6 is 0 Å². The van der Waals surface area contributed by atoms with E-state index in [4.69, 9.17) is 10.2 Å². The molecule has 7 heteroatoms. The first-order valence-electron chi connectivity index (χ1n) is 6.64. The van der Waals surface area contributed by atoms with Crippen LogP contribution in [0.2, 0.25) is 0 Å². The van der Waals surface area contributed by atoms with E-state index in [1.165, 1.54) is 0 Å². The number of hydrogen-bond acceptors (Lipinski definition) is 6. The van der Waals surface area contributed by atoms with Crippen LogP contribution < -0.4 is 16.4 Å². The van der Waals surface area contributed by atoms with Gasteiger partial charge < -0.3 is 20.8 Å². The van der Waals surface area contributed by atoms with Crippen molar-refractivity contribution in [2.75, 3.05) is 10.6 Å². The fourth-order valence-electron chi connectivity index (χ4n) is 2.59. The van der Waals surface area contributed by atoms with Crippen LogP contribution in [0.25, 0.3) is 0 Å². The number of rotatable bonds is 2. The van der Waals surface area contributed by atoms with E-state index in [9.17, 15) is 0 Å². The summed E-state index contributed by atoms with van der Waals surface area (Å²) in [5.41, 5.74) is 7.46. The molecule has 4 rings (SSSR count). The van der Waals surface area contributed by atoms with Gasteiger partial charge in [0.1, 0.15) is 0 Å². The second-order valence-electron chi connectivity index (χ2n) is 5.38. The van der Waals surface area contributed by atoms with Gasteiger partial charge in [0.05, 0.1) is 23.8 Å². The zero-order valence-corrected chi connectivity index (χ0v) is 11.1. The molecular formula is C13H16N6O. The molecule has 1 saturated carbocycles. The Balaban J connectivity index is 1.69. The number of furan rings is 1. The van der Waals surface area contributed by atoms with E-state index in [0.29, 0.717) is 11.9 Å². The minimum atomic E-state index is -0.769. The molecule has 0 saturated heterocycles. The van der Waals surface area contributed by atoms with Crippen molar-refractivity contribution in [1.82, 2.24) is 9.78 Å². The largest absolute Gasteiger partial charge is 0.463 e. The second kappa shape index (κ2) is 3.86. The number of nitrogens with zero attached hydrogens (tertiary/aromatic N) is 3. The quantitative estimate of drug-likeness (QED) is 0.769. The monoisotopic (exact) mass is 272 g/mol. The number of nitrogens with two attached hydrogens (primary N) is 1. The van der Waals surface area contributed by atoms with E-state index in [0.717, 1.165) is 30.0 Å². The number of aryl methyl sites for hydroxylation is 1. The molecule has 3 heterocycles. The Labute approximate surface area is 115 Å². The van der Waals surface area contributed by atoms with Gasteiger partial charge in [-0.3, -0.25) is 4.68 Å². The summed E-state index contributed by atoms with van der Waals surface area (Å²) in [6, 6.07) is 1.87. The van der Waals surface area contributed by atoms with Crippen molar-refractivity contribution in [1.29, 1.82) is 0 Å². The first-order valence-corrected chi connectivity index (χ1v) is 6.64. The lowest BCUT2D eigenvalue weighted by Gasteiger charge is -2.29. The Morgan fingerprint density at radius 1 is 1.55 bits per heavy atom. The molecule has 1 fully saturated rings. The Kier molecular flexibility index (Phi) is 2.23. The zero-order valence-electron chi connectivity index (χ0n) is 11.1. The van der Waals surface area contributed by atoms with E-state index in [1.54, 1.807) is 17.1 Å². The number of fused-ring (bicyclic) bond motifs is 1. The summed E-state index contributed by atoms with van der Waals surface area (Å²) in [4.78, 5) is 4.64. The van der Waals surface area contributed by atoms with Crippen LogP contribution in [0.5, 0.6) is 0 Å². The van der Waals surface area contributed by atoms with Gasteiger partial charge in [-0.25, -0.2) is 4.99 Å². The normalized spacial score (nSPS) is 24.8. The van der Waals surface area contributed by atoms with E-state index >= 15 is 0 Å². The number of aliphatic imine (C=N–C) groups is 1. The Hall–Kier alpha value is -2.28. The standard InChI is InChI=1S/C13H16N6O/c1-19-7-9(6-15-19)16-12-17-10-4-5-20-11(10)13(14,18-12)8-2-3-8/h4-8H,2-3,14H2,1H3,(H2,16,17,18). The highest BCUT2D eigenvalue weighted by atomic mass is 16.3. The predicted molar refractivity (Wildman–Crippen MR) is 75.2 cm³/mol. The molecule has 2 aromatic rings. The molecule has 20 heavy (non-hydrogen) atoms. The van der Waals surface area contributed by atoms with E-state index in [2.05, 4.69) is 20.7 Å². The smallest absolute Gasteiger partial charge is 0.202 e. The van der Waals surface area contributed by atoms with E-state index in [1.807, 2.05) is 19.3 Å². The molecule has 1 atom stereocenters. The van der Waals surface area contributed by atoms with E-state index < -0.39 is 5.66 Å². The minimum Gasteiger partial charge on any atom is -0.463 e. The molecule has 1 unspecified atom stereocenters. The third-order valence-corrected chi connectivity index (χ3v) is 3.75. The molecule has 2 aromatic heterocycles. The Morgan fingerprint density at radius 2 is 2.40 bits per heavy atom. The SMILES string of the molecule is Cn1cc(NC2=NC(N)(C3CC3)c3occc3N2)cn1. The van der Waals surface area contributed by atoms with Crippen LogP contribution in [-0.4, -0.2) is 15.7 Å². The number of aromatic nitrogens is 2. The summed E-state index contributed by atoms with van der Waals surface area (Å²) in [5, 5.41) is 10.5. The lowest BCUT2D eigenvalue weighted by atomic mass is 10.0. The fourth-order valence-corrected chi connectivity index (χ4v) is 2.59. The van der Waals surface area contributed by atoms with Crippen molar-refractivity contribution in [2.24, 2.45) is 23.7 Å². The first-order chi connectivity index (χ1) is 9.65. The average molecular weight is 272 g/mol.